The minimum Gasteiger partial charge on any atom is -0.493 e. The number of hydrogen-bond acceptors (Lipinski definition) is 6. The molecule has 112 valence electrons. The van der Waals surface area contributed by atoms with Crippen LogP contribution in [0.3, 0.4) is 0 Å². The van der Waals surface area contributed by atoms with Gasteiger partial charge in [0.2, 0.25) is 0 Å². The van der Waals surface area contributed by atoms with Gasteiger partial charge in [-0.25, -0.2) is 9.97 Å². The van der Waals surface area contributed by atoms with Gasteiger partial charge in [-0.3, -0.25) is 0 Å². The first-order valence-electron chi connectivity index (χ1n) is 6.86. The Labute approximate surface area is 128 Å². The van der Waals surface area contributed by atoms with Gasteiger partial charge in [0.05, 0.1) is 44.3 Å². The molecule has 2 heterocycles. The van der Waals surface area contributed by atoms with Crippen molar-refractivity contribution in [3.63, 3.8) is 0 Å². The molecule has 0 bridgehead atoms. The summed E-state index contributed by atoms with van der Waals surface area (Å²) in [6.45, 7) is 0.492. The third-order valence-electron chi connectivity index (χ3n) is 3.64. The Balaban J connectivity index is 1.87. The van der Waals surface area contributed by atoms with Crippen molar-refractivity contribution in [3.05, 3.63) is 41.2 Å². The van der Waals surface area contributed by atoms with E-state index in [9.17, 15) is 0 Å². The molecule has 1 unspecified atom stereocenters. The number of methoxy groups -OCH3 is 2. The molecule has 1 aromatic carbocycles. The van der Waals surface area contributed by atoms with E-state index in [2.05, 4.69) is 16.0 Å². The number of hydrogen-bond donors (Lipinski definition) is 0. The summed E-state index contributed by atoms with van der Waals surface area (Å²) in [5.41, 5.74) is 2.46. The van der Waals surface area contributed by atoms with Gasteiger partial charge in [-0.2, -0.15) is 5.26 Å². The van der Waals surface area contributed by atoms with Gasteiger partial charge in [-0.15, -0.1) is 0 Å². The van der Waals surface area contributed by atoms with E-state index in [1.54, 1.807) is 18.3 Å². The molecule has 6 heteroatoms. The first-order valence-corrected chi connectivity index (χ1v) is 6.86. The smallest absolute Gasteiger partial charge is 0.278 e. The van der Waals surface area contributed by atoms with Crippen LogP contribution in [0.4, 0.5) is 0 Å². The summed E-state index contributed by atoms with van der Waals surface area (Å²) < 4.78 is 16.1. The van der Waals surface area contributed by atoms with Crippen LogP contribution in [0.1, 0.15) is 22.7 Å². The number of fused-ring (bicyclic) bond motifs is 1. The zero-order chi connectivity index (χ0) is 15.5. The van der Waals surface area contributed by atoms with Crippen molar-refractivity contribution in [1.82, 2.24) is 9.97 Å². The van der Waals surface area contributed by atoms with Gasteiger partial charge in [0, 0.05) is 5.92 Å². The van der Waals surface area contributed by atoms with Crippen molar-refractivity contribution in [2.45, 2.75) is 12.3 Å². The molecule has 0 spiro atoms. The maximum atomic E-state index is 8.93. The molecule has 0 aliphatic carbocycles. The summed E-state index contributed by atoms with van der Waals surface area (Å²) >= 11 is 0. The zero-order valence-corrected chi connectivity index (χ0v) is 12.4. The second-order valence-corrected chi connectivity index (χ2v) is 4.96. The molecule has 1 aliphatic heterocycles. The van der Waals surface area contributed by atoms with Crippen LogP contribution >= 0.6 is 0 Å². The number of nitriles is 1. The van der Waals surface area contributed by atoms with Crippen LogP contribution in [-0.2, 0) is 6.42 Å². The second-order valence-electron chi connectivity index (χ2n) is 4.96. The van der Waals surface area contributed by atoms with Crippen molar-refractivity contribution in [3.8, 4) is 23.6 Å². The predicted octanol–water partition coefficient (Wildman–Crippen LogP) is 2.08. The highest BCUT2D eigenvalue weighted by molar-refractivity contribution is 5.44. The lowest BCUT2D eigenvalue weighted by Crippen LogP contribution is -2.20. The van der Waals surface area contributed by atoms with Crippen LogP contribution in [0.2, 0.25) is 0 Å². The lowest BCUT2D eigenvalue weighted by molar-refractivity contribution is 0.257. The highest BCUT2D eigenvalue weighted by Gasteiger charge is 2.24. The Hall–Kier alpha value is -2.81. The van der Waals surface area contributed by atoms with Gasteiger partial charge >= 0.3 is 0 Å². The van der Waals surface area contributed by atoms with Crippen LogP contribution in [0.25, 0.3) is 0 Å². The van der Waals surface area contributed by atoms with E-state index in [1.165, 1.54) is 14.2 Å². The Morgan fingerprint density at radius 1 is 1.27 bits per heavy atom. The van der Waals surface area contributed by atoms with E-state index in [0.717, 1.165) is 23.4 Å². The summed E-state index contributed by atoms with van der Waals surface area (Å²) in [6.07, 6.45) is 2.47. The van der Waals surface area contributed by atoms with Gasteiger partial charge in [0.1, 0.15) is 5.75 Å². The number of ether oxygens (including phenoxy) is 3. The molecule has 0 amide bonds. The first-order chi connectivity index (χ1) is 10.7. The van der Waals surface area contributed by atoms with E-state index in [4.69, 9.17) is 19.5 Å². The normalized spacial score (nSPS) is 16.1. The molecule has 0 saturated heterocycles. The van der Waals surface area contributed by atoms with Crippen molar-refractivity contribution in [2.75, 3.05) is 20.8 Å². The summed E-state index contributed by atoms with van der Waals surface area (Å²) in [4.78, 5) is 8.67. The van der Waals surface area contributed by atoms with Gasteiger partial charge in [-0.1, -0.05) is 6.07 Å². The molecule has 1 atom stereocenters. The SMILES string of the molecule is COc1ncc(C2COc3cc(C#N)ccc3C2)nc1OC. The first kappa shape index (κ1) is 14.1. The van der Waals surface area contributed by atoms with E-state index in [-0.39, 0.29) is 5.92 Å². The molecule has 1 aliphatic rings. The Kier molecular flexibility index (Phi) is 3.79. The van der Waals surface area contributed by atoms with Gasteiger partial charge < -0.3 is 14.2 Å². The van der Waals surface area contributed by atoms with Gasteiger partial charge in [0.15, 0.2) is 0 Å². The fourth-order valence-electron chi connectivity index (χ4n) is 2.48. The average Bonchev–Trinajstić information content (AvgIpc) is 2.60. The maximum absolute atomic E-state index is 8.93. The Morgan fingerprint density at radius 2 is 2.09 bits per heavy atom. The van der Waals surface area contributed by atoms with E-state index in [0.29, 0.717) is 23.9 Å². The molecule has 6 nitrogen and oxygen atoms in total. The summed E-state index contributed by atoms with van der Waals surface area (Å²) in [7, 11) is 3.06. The second kappa shape index (κ2) is 5.90. The molecule has 3 rings (SSSR count). The Bertz CT molecular complexity index is 740. The third kappa shape index (κ3) is 2.53. The Morgan fingerprint density at radius 3 is 2.82 bits per heavy atom. The molecule has 22 heavy (non-hydrogen) atoms. The lowest BCUT2D eigenvalue weighted by atomic mass is 9.93. The minimum absolute atomic E-state index is 0.0905. The third-order valence-corrected chi connectivity index (χ3v) is 3.64. The van der Waals surface area contributed by atoms with E-state index < -0.39 is 0 Å². The quantitative estimate of drug-likeness (QED) is 0.863. The number of aromatic nitrogens is 2. The summed E-state index contributed by atoms with van der Waals surface area (Å²) in [5.74, 6) is 1.59. The largest absolute Gasteiger partial charge is 0.493 e. The predicted molar refractivity (Wildman–Crippen MR) is 78.2 cm³/mol. The van der Waals surface area contributed by atoms with Gasteiger partial charge in [-0.05, 0) is 24.1 Å². The number of benzene rings is 1. The van der Waals surface area contributed by atoms with Crippen LogP contribution in [0, 0.1) is 11.3 Å². The van der Waals surface area contributed by atoms with Crippen molar-refractivity contribution >= 4 is 0 Å². The molecule has 0 radical (unpaired) electrons. The topological polar surface area (TPSA) is 77.3 Å². The minimum atomic E-state index is 0.0905. The van der Waals surface area contributed by atoms with E-state index in [1.807, 2.05) is 6.07 Å². The average molecular weight is 297 g/mol. The van der Waals surface area contributed by atoms with Crippen LogP contribution in [-0.4, -0.2) is 30.8 Å². The standard InChI is InChI=1S/C16H15N3O3/c1-20-15-16(21-2)19-13(8-18-15)12-6-11-4-3-10(7-17)5-14(11)22-9-12/h3-5,8,12H,6,9H2,1-2H3. The lowest BCUT2D eigenvalue weighted by Gasteiger charge is -2.25. The fraction of sp³-hybridized carbons (Fsp3) is 0.312. The molecule has 0 fully saturated rings. The molecular formula is C16H15N3O3. The molecule has 1 aromatic heterocycles. The van der Waals surface area contributed by atoms with Crippen molar-refractivity contribution in [1.29, 1.82) is 5.26 Å². The van der Waals surface area contributed by atoms with E-state index >= 15 is 0 Å². The summed E-state index contributed by atoms with van der Waals surface area (Å²) in [6, 6.07) is 7.61. The summed E-state index contributed by atoms with van der Waals surface area (Å²) in [5, 5.41) is 8.93. The van der Waals surface area contributed by atoms with Gasteiger partial charge in [0.25, 0.3) is 11.8 Å². The van der Waals surface area contributed by atoms with Crippen molar-refractivity contribution < 1.29 is 14.2 Å². The number of nitrogens with zero attached hydrogens (tertiary/aromatic N) is 3. The van der Waals surface area contributed by atoms with Crippen LogP contribution in [0.15, 0.2) is 24.4 Å². The monoisotopic (exact) mass is 297 g/mol. The number of rotatable bonds is 3. The maximum Gasteiger partial charge on any atom is 0.278 e. The molecule has 0 saturated carbocycles. The highest BCUT2D eigenvalue weighted by atomic mass is 16.5. The molecular weight excluding hydrogens is 282 g/mol. The van der Waals surface area contributed by atoms with Crippen molar-refractivity contribution in [2.24, 2.45) is 0 Å². The fourth-order valence-corrected chi connectivity index (χ4v) is 2.48. The van der Waals surface area contributed by atoms with Crippen LogP contribution < -0.4 is 14.2 Å². The molecule has 2 aromatic rings. The van der Waals surface area contributed by atoms with Crippen LogP contribution in [0.5, 0.6) is 17.5 Å². The molecule has 0 N–H and O–H groups in total. The highest BCUT2D eigenvalue weighted by Crippen LogP contribution is 2.33. The zero-order valence-electron chi connectivity index (χ0n) is 12.4.